The smallest absolute Gasteiger partial charge is 0.326 e. The Kier molecular flexibility index (Phi) is 5.63. The summed E-state index contributed by atoms with van der Waals surface area (Å²) in [6.07, 6.45) is 5.30. The molecule has 0 saturated heterocycles. The van der Waals surface area contributed by atoms with Crippen LogP contribution in [0.5, 0.6) is 0 Å². The highest BCUT2D eigenvalue weighted by Gasteiger charge is 2.28. The zero-order valence-corrected chi connectivity index (χ0v) is 12.2. The minimum Gasteiger partial charge on any atom is -0.480 e. The van der Waals surface area contributed by atoms with Crippen molar-refractivity contribution in [1.82, 2.24) is 10.6 Å². The lowest BCUT2D eigenvalue weighted by atomic mass is 9.76. The lowest BCUT2D eigenvalue weighted by Gasteiger charge is -2.34. The Hall–Kier alpha value is -1.26. The minimum absolute atomic E-state index is 0.170. The summed E-state index contributed by atoms with van der Waals surface area (Å²) in [5, 5.41) is 14.4. The fraction of sp³-hybridized carbons (Fsp3) is 0.857. The van der Waals surface area contributed by atoms with E-state index in [1.165, 1.54) is 0 Å². The van der Waals surface area contributed by atoms with Crippen LogP contribution in [0.25, 0.3) is 0 Å². The number of hydrogen-bond donors (Lipinski definition) is 3. The van der Waals surface area contributed by atoms with Crippen LogP contribution >= 0.6 is 0 Å². The summed E-state index contributed by atoms with van der Waals surface area (Å²) >= 11 is 0. The molecular formula is C14H26N2O3. The molecule has 1 aliphatic rings. The van der Waals surface area contributed by atoms with Gasteiger partial charge in [0.15, 0.2) is 0 Å². The third kappa shape index (κ3) is 5.49. The number of carboxylic acids is 1. The molecule has 0 aliphatic heterocycles. The maximum absolute atomic E-state index is 11.8. The summed E-state index contributed by atoms with van der Waals surface area (Å²) in [6.45, 7) is 6.38. The van der Waals surface area contributed by atoms with Crippen LogP contribution in [0, 0.1) is 5.41 Å². The van der Waals surface area contributed by atoms with Gasteiger partial charge in [-0.2, -0.15) is 0 Å². The molecule has 19 heavy (non-hydrogen) atoms. The molecule has 5 nitrogen and oxygen atoms in total. The molecule has 1 saturated carbocycles. The molecule has 2 amide bonds. The first-order chi connectivity index (χ1) is 8.84. The topological polar surface area (TPSA) is 78.4 Å². The van der Waals surface area contributed by atoms with Gasteiger partial charge in [-0.1, -0.05) is 27.2 Å². The van der Waals surface area contributed by atoms with E-state index in [1.54, 1.807) is 0 Å². The quantitative estimate of drug-likeness (QED) is 0.718. The first kappa shape index (κ1) is 15.8. The minimum atomic E-state index is -0.971. The van der Waals surface area contributed by atoms with Crippen LogP contribution in [0.3, 0.4) is 0 Å². The molecule has 1 fully saturated rings. The highest BCUT2D eigenvalue weighted by atomic mass is 16.4. The van der Waals surface area contributed by atoms with E-state index < -0.39 is 12.0 Å². The van der Waals surface area contributed by atoms with Gasteiger partial charge < -0.3 is 15.7 Å². The average molecular weight is 270 g/mol. The molecule has 110 valence electrons. The van der Waals surface area contributed by atoms with Gasteiger partial charge in [-0.3, -0.25) is 0 Å². The molecule has 5 heteroatoms. The van der Waals surface area contributed by atoms with E-state index in [9.17, 15) is 9.59 Å². The van der Waals surface area contributed by atoms with Crippen molar-refractivity contribution in [1.29, 1.82) is 0 Å². The van der Waals surface area contributed by atoms with E-state index in [0.717, 1.165) is 32.1 Å². The Labute approximate surface area is 115 Å². The van der Waals surface area contributed by atoms with E-state index in [-0.39, 0.29) is 12.1 Å². The Morgan fingerprint density at radius 3 is 2.37 bits per heavy atom. The molecule has 0 unspecified atom stereocenters. The summed E-state index contributed by atoms with van der Waals surface area (Å²) in [5.74, 6) is -0.971. The van der Waals surface area contributed by atoms with E-state index in [0.29, 0.717) is 11.8 Å². The molecule has 1 rings (SSSR count). The highest BCUT2D eigenvalue weighted by Crippen LogP contribution is 2.34. The Morgan fingerprint density at radius 1 is 1.32 bits per heavy atom. The SMILES string of the molecule is CCC[C@H](NC(=O)NC1CCC(C)(C)CC1)C(=O)O. The molecule has 0 spiro atoms. The number of amides is 2. The number of carbonyl (C=O) groups excluding carboxylic acids is 1. The summed E-state index contributed by atoms with van der Waals surface area (Å²) < 4.78 is 0. The lowest BCUT2D eigenvalue weighted by Crippen LogP contribution is -2.50. The Morgan fingerprint density at radius 2 is 1.89 bits per heavy atom. The first-order valence-electron chi connectivity index (χ1n) is 7.14. The van der Waals surface area contributed by atoms with Crippen LogP contribution in [0.4, 0.5) is 4.79 Å². The number of carbonyl (C=O) groups is 2. The maximum atomic E-state index is 11.8. The molecule has 0 aromatic rings. The molecule has 1 aliphatic carbocycles. The molecular weight excluding hydrogens is 244 g/mol. The van der Waals surface area contributed by atoms with Gasteiger partial charge in [0.05, 0.1) is 0 Å². The van der Waals surface area contributed by atoms with Crippen molar-refractivity contribution in [3.05, 3.63) is 0 Å². The van der Waals surface area contributed by atoms with E-state index in [4.69, 9.17) is 5.11 Å². The zero-order chi connectivity index (χ0) is 14.5. The predicted molar refractivity (Wildman–Crippen MR) is 74.0 cm³/mol. The molecule has 0 heterocycles. The van der Waals surface area contributed by atoms with E-state index >= 15 is 0 Å². The number of carboxylic acid groups (broad SMARTS) is 1. The predicted octanol–water partition coefficient (Wildman–Crippen LogP) is 2.51. The molecule has 0 aromatic carbocycles. The molecule has 1 atom stereocenters. The van der Waals surface area contributed by atoms with Crippen LogP contribution in [0.1, 0.15) is 59.3 Å². The van der Waals surface area contributed by atoms with Crippen molar-refractivity contribution in [2.45, 2.75) is 71.4 Å². The molecule has 3 N–H and O–H groups in total. The van der Waals surface area contributed by atoms with Gasteiger partial charge in [0.25, 0.3) is 0 Å². The summed E-state index contributed by atoms with van der Waals surface area (Å²) in [6, 6.07) is -0.973. The number of rotatable bonds is 5. The van der Waals surface area contributed by atoms with Crippen molar-refractivity contribution < 1.29 is 14.7 Å². The van der Waals surface area contributed by atoms with Gasteiger partial charge in [-0.15, -0.1) is 0 Å². The Bertz CT molecular complexity index is 319. The number of hydrogen-bond acceptors (Lipinski definition) is 2. The molecule has 0 bridgehead atoms. The van der Waals surface area contributed by atoms with Gasteiger partial charge in [0.2, 0.25) is 0 Å². The van der Waals surface area contributed by atoms with Gasteiger partial charge in [0.1, 0.15) is 6.04 Å². The van der Waals surface area contributed by atoms with Crippen molar-refractivity contribution in [2.75, 3.05) is 0 Å². The monoisotopic (exact) mass is 270 g/mol. The summed E-state index contributed by atoms with van der Waals surface area (Å²) in [5.41, 5.74) is 0.362. The Balaban J connectivity index is 2.37. The number of aliphatic carboxylic acids is 1. The normalized spacial score (nSPS) is 20.6. The maximum Gasteiger partial charge on any atom is 0.326 e. The fourth-order valence-corrected chi connectivity index (χ4v) is 2.47. The zero-order valence-electron chi connectivity index (χ0n) is 12.2. The second-order valence-electron chi connectivity index (χ2n) is 6.24. The van der Waals surface area contributed by atoms with Crippen molar-refractivity contribution in [2.24, 2.45) is 5.41 Å². The van der Waals surface area contributed by atoms with Crippen LogP contribution in [-0.4, -0.2) is 29.2 Å². The lowest BCUT2D eigenvalue weighted by molar-refractivity contribution is -0.139. The van der Waals surface area contributed by atoms with Crippen LogP contribution in [0.15, 0.2) is 0 Å². The van der Waals surface area contributed by atoms with Gasteiger partial charge in [0, 0.05) is 6.04 Å². The second kappa shape index (κ2) is 6.78. The summed E-state index contributed by atoms with van der Waals surface area (Å²) in [4.78, 5) is 22.7. The van der Waals surface area contributed by atoms with Crippen LogP contribution in [0.2, 0.25) is 0 Å². The standard InChI is InChI=1S/C14H26N2O3/c1-4-5-11(12(17)18)16-13(19)15-10-6-8-14(2,3)9-7-10/h10-11H,4-9H2,1-3H3,(H,17,18)(H2,15,16,19)/t11-/m0/s1. The van der Waals surface area contributed by atoms with Gasteiger partial charge in [-0.25, -0.2) is 9.59 Å². The van der Waals surface area contributed by atoms with Gasteiger partial charge in [-0.05, 0) is 37.5 Å². The fourth-order valence-electron chi connectivity index (χ4n) is 2.47. The van der Waals surface area contributed by atoms with Crippen molar-refractivity contribution in [3.63, 3.8) is 0 Å². The first-order valence-corrected chi connectivity index (χ1v) is 7.14. The third-order valence-electron chi connectivity index (χ3n) is 3.86. The highest BCUT2D eigenvalue weighted by molar-refractivity contribution is 5.82. The largest absolute Gasteiger partial charge is 0.480 e. The summed E-state index contributed by atoms with van der Waals surface area (Å²) in [7, 11) is 0. The number of urea groups is 1. The van der Waals surface area contributed by atoms with E-state index in [2.05, 4.69) is 24.5 Å². The molecule has 0 aromatic heterocycles. The third-order valence-corrected chi connectivity index (χ3v) is 3.86. The number of nitrogens with one attached hydrogen (secondary N) is 2. The second-order valence-corrected chi connectivity index (χ2v) is 6.24. The molecule has 0 radical (unpaired) electrons. The van der Waals surface area contributed by atoms with Crippen LogP contribution < -0.4 is 10.6 Å². The van der Waals surface area contributed by atoms with Gasteiger partial charge >= 0.3 is 12.0 Å². The van der Waals surface area contributed by atoms with E-state index in [1.807, 2.05) is 6.92 Å². The average Bonchev–Trinajstić information content (AvgIpc) is 2.31. The van der Waals surface area contributed by atoms with Crippen molar-refractivity contribution in [3.8, 4) is 0 Å². The van der Waals surface area contributed by atoms with Crippen molar-refractivity contribution >= 4 is 12.0 Å². The van der Waals surface area contributed by atoms with Crippen LogP contribution in [-0.2, 0) is 4.79 Å².